The molecule has 1 N–H and O–H groups in total. The zero-order chi connectivity index (χ0) is 14.4. The van der Waals surface area contributed by atoms with Crippen molar-refractivity contribution in [1.29, 1.82) is 0 Å². The number of ether oxygens (including phenoxy) is 1. The largest absolute Gasteiger partial charge is 0.497 e. The van der Waals surface area contributed by atoms with Crippen LogP contribution in [0.1, 0.15) is 24.3 Å². The van der Waals surface area contributed by atoms with E-state index in [1.54, 1.807) is 7.11 Å². The van der Waals surface area contributed by atoms with Crippen LogP contribution >= 0.6 is 11.3 Å². The van der Waals surface area contributed by atoms with Gasteiger partial charge in [0, 0.05) is 17.0 Å². The summed E-state index contributed by atoms with van der Waals surface area (Å²) in [5.74, 6) is 0.917. The fraction of sp³-hybridized carbons (Fsp3) is 0.412. The van der Waals surface area contributed by atoms with Gasteiger partial charge in [-0.2, -0.15) is 0 Å². The van der Waals surface area contributed by atoms with Crippen LogP contribution in [0.2, 0.25) is 0 Å². The normalized spacial score (nSPS) is 13.9. The van der Waals surface area contributed by atoms with E-state index in [9.17, 15) is 0 Å². The highest BCUT2D eigenvalue weighted by atomic mass is 32.1. The minimum Gasteiger partial charge on any atom is -0.497 e. The second kappa shape index (κ2) is 7.46. The van der Waals surface area contributed by atoms with Crippen molar-refractivity contribution in [3.05, 3.63) is 52.2 Å². The molecule has 0 aliphatic rings. The van der Waals surface area contributed by atoms with Gasteiger partial charge in [-0.05, 0) is 55.8 Å². The first-order chi connectivity index (χ1) is 9.67. The maximum absolute atomic E-state index is 5.18. The van der Waals surface area contributed by atoms with Crippen LogP contribution in [0.25, 0.3) is 0 Å². The van der Waals surface area contributed by atoms with Gasteiger partial charge >= 0.3 is 0 Å². The second-order valence-electron chi connectivity index (χ2n) is 5.30. The summed E-state index contributed by atoms with van der Waals surface area (Å²) < 4.78 is 5.18. The number of hydrogen-bond acceptors (Lipinski definition) is 3. The molecule has 1 aromatic heterocycles. The van der Waals surface area contributed by atoms with Crippen LogP contribution in [0, 0.1) is 0 Å². The maximum Gasteiger partial charge on any atom is 0.118 e. The van der Waals surface area contributed by atoms with E-state index in [2.05, 4.69) is 48.8 Å². The molecule has 0 aliphatic carbocycles. The summed E-state index contributed by atoms with van der Waals surface area (Å²) in [7, 11) is 1.70. The van der Waals surface area contributed by atoms with Crippen molar-refractivity contribution in [1.82, 2.24) is 5.32 Å². The lowest BCUT2D eigenvalue weighted by atomic mass is 10.1. The third-order valence-electron chi connectivity index (χ3n) is 3.36. The highest BCUT2D eigenvalue weighted by Gasteiger charge is 2.09. The average Bonchev–Trinajstić information content (AvgIpc) is 2.92. The van der Waals surface area contributed by atoms with Crippen LogP contribution in [0.3, 0.4) is 0 Å². The summed E-state index contributed by atoms with van der Waals surface area (Å²) in [4.78, 5) is 1.45. The van der Waals surface area contributed by atoms with Crippen molar-refractivity contribution < 1.29 is 4.74 Å². The van der Waals surface area contributed by atoms with Gasteiger partial charge in [-0.1, -0.05) is 18.2 Å². The molecule has 2 rings (SSSR count). The zero-order valence-corrected chi connectivity index (χ0v) is 13.2. The van der Waals surface area contributed by atoms with Crippen molar-refractivity contribution >= 4 is 11.3 Å². The first-order valence-corrected chi connectivity index (χ1v) is 7.96. The van der Waals surface area contributed by atoms with Gasteiger partial charge in [0.05, 0.1) is 7.11 Å². The van der Waals surface area contributed by atoms with E-state index in [-0.39, 0.29) is 0 Å². The molecule has 0 saturated heterocycles. The van der Waals surface area contributed by atoms with Crippen molar-refractivity contribution in [3.63, 3.8) is 0 Å². The number of rotatable bonds is 7. The predicted octanol–water partition coefficient (Wildman–Crippen LogP) is 3.91. The van der Waals surface area contributed by atoms with E-state index in [1.165, 1.54) is 10.4 Å². The van der Waals surface area contributed by atoms with Gasteiger partial charge in [-0.3, -0.25) is 0 Å². The zero-order valence-electron chi connectivity index (χ0n) is 12.4. The molecule has 1 aromatic carbocycles. The number of nitrogens with one attached hydrogen (secondary N) is 1. The molecule has 108 valence electrons. The lowest BCUT2D eigenvalue weighted by molar-refractivity contribution is 0.414. The topological polar surface area (TPSA) is 21.3 Å². The predicted molar refractivity (Wildman–Crippen MR) is 86.8 cm³/mol. The summed E-state index contributed by atoms with van der Waals surface area (Å²) in [5.41, 5.74) is 1.34. The van der Waals surface area contributed by atoms with Crippen LogP contribution < -0.4 is 10.1 Å². The summed E-state index contributed by atoms with van der Waals surface area (Å²) in [6.45, 7) is 4.50. The summed E-state index contributed by atoms with van der Waals surface area (Å²) in [5, 5.41) is 5.81. The van der Waals surface area contributed by atoms with Crippen molar-refractivity contribution in [3.8, 4) is 5.75 Å². The Kier molecular flexibility index (Phi) is 5.62. The van der Waals surface area contributed by atoms with Gasteiger partial charge in [0.15, 0.2) is 0 Å². The molecule has 2 nitrogen and oxygen atoms in total. The molecule has 2 aromatic rings. The number of benzene rings is 1. The molecular weight excluding hydrogens is 266 g/mol. The molecule has 1 heterocycles. The van der Waals surface area contributed by atoms with E-state index < -0.39 is 0 Å². The minimum absolute atomic E-state index is 0.471. The quantitative estimate of drug-likeness (QED) is 0.834. The highest BCUT2D eigenvalue weighted by Crippen LogP contribution is 2.14. The summed E-state index contributed by atoms with van der Waals surface area (Å²) >= 11 is 1.83. The highest BCUT2D eigenvalue weighted by molar-refractivity contribution is 7.09. The lowest BCUT2D eigenvalue weighted by Crippen LogP contribution is -2.37. The summed E-state index contributed by atoms with van der Waals surface area (Å²) in [6.07, 6.45) is 2.14. The number of methoxy groups -OCH3 is 1. The van der Waals surface area contributed by atoms with Crippen LogP contribution in [0.15, 0.2) is 41.8 Å². The van der Waals surface area contributed by atoms with Crippen molar-refractivity contribution in [2.24, 2.45) is 0 Å². The SMILES string of the molecule is COc1ccc(CC(C)NC(C)Cc2cccs2)cc1. The number of thiophene rings is 1. The molecule has 0 bridgehead atoms. The Bertz CT molecular complexity index is 492. The van der Waals surface area contributed by atoms with Gasteiger partial charge in [-0.25, -0.2) is 0 Å². The molecule has 0 amide bonds. The van der Waals surface area contributed by atoms with Crippen LogP contribution in [0.5, 0.6) is 5.75 Å². The Morgan fingerprint density at radius 1 is 1.05 bits per heavy atom. The van der Waals surface area contributed by atoms with E-state index in [4.69, 9.17) is 4.74 Å². The fourth-order valence-corrected chi connectivity index (χ4v) is 3.28. The van der Waals surface area contributed by atoms with Gasteiger partial charge < -0.3 is 10.1 Å². The van der Waals surface area contributed by atoms with E-state index in [0.717, 1.165) is 18.6 Å². The standard InChI is InChI=1S/C17H23NOS/c1-13(11-15-6-8-16(19-3)9-7-15)18-14(2)12-17-5-4-10-20-17/h4-10,13-14,18H,11-12H2,1-3H3. The molecule has 2 atom stereocenters. The Labute approximate surface area is 125 Å². The Morgan fingerprint density at radius 2 is 1.75 bits per heavy atom. The Balaban J connectivity index is 1.80. The van der Waals surface area contributed by atoms with Gasteiger partial charge in [-0.15, -0.1) is 11.3 Å². The van der Waals surface area contributed by atoms with Crippen LogP contribution in [0.4, 0.5) is 0 Å². The molecule has 0 aliphatic heterocycles. The van der Waals surface area contributed by atoms with Gasteiger partial charge in [0.1, 0.15) is 5.75 Å². The van der Waals surface area contributed by atoms with E-state index >= 15 is 0 Å². The molecule has 0 radical (unpaired) electrons. The second-order valence-corrected chi connectivity index (χ2v) is 6.34. The molecule has 0 saturated carbocycles. The molecule has 0 fully saturated rings. The Hall–Kier alpha value is -1.32. The molecule has 3 heteroatoms. The maximum atomic E-state index is 5.18. The third-order valence-corrected chi connectivity index (χ3v) is 4.26. The fourth-order valence-electron chi connectivity index (χ4n) is 2.45. The van der Waals surface area contributed by atoms with Crippen molar-refractivity contribution in [2.75, 3.05) is 7.11 Å². The smallest absolute Gasteiger partial charge is 0.118 e. The first kappa shape index (κ1) is 15.1. The molecular formula is C17H23NOS. The van der Waals surface area contributed by atoms with Gasteiger partial charge in [0.2, 0.25) is 0 Å². The molecule has 2 unspecified atom stereocenters. The first-order valence-electron chi connectivity index (χ1n) is 7.08. The van der Waals surface area contributed by atoms with Crippen LogP contribution in [-0.2, 0) is 12.8 Å². The van der Waals surface area contributed by atoms with Crippen LogP contribution in [-0.4, -0.2) is 19.2 Å². The Morgan fingerprint density at radius 3 is 2.35 bits per heavy atom. The van der Waals surface area contributed by atoms with Crippen molar-refractivity contribution in [2.45, 2.75) is 38.8 Å². The monoisotopic (exact) mass is 289 g/mol. The lowest BCUT2D eigenvalue weighted by Gasteiger charge is -2.19. The summed E-state index contributed by atoms with van der Waals surface area (Å²) in [6, 6.07) is 13.6. The van der Waals surface area contributed by atoms with E-state index in [1.807, 2.05) is 23.5 Å². The third kappa shape index (κ3) is 4.66. The molecule has 0 spiro atoms. The average molecular weight is 289 g/mol. The molecule has 20 heavy (non-hydrogen) atoms. The van der Waals surface area contributed by atoms with E-state index in [0.29, 0.717) is 12.1 Å². The van der Waals surface area contributed by atoms with Gasteiger partial charge in [0.25, 0.3) is 0 Å². The number of hydrogen-bond donors (Lipinski definition) is 1. The minimum atomic E-state index is 0.471.